The van der Waals surface area contributed by atoms with E-state index in [1.807, 2.05) is 0 Å². The summed E-state index contributed by atoms with van der Waals surface area (Å²) in [6.07, 6.45) is 4.78. The fourth-order valence-corrected chi connectivity index (χ4v) is 1.04. The van der Waals surface area contributed by atoms with Gasteiger partial charge in [0.15, 0.2) is 0 Å². The van der Waals surface area contributed by atoms with Gasteiger partial charge in [0.2, 0.25) is 0 Å². The summed E-state index contributed by atoms with van der Waals surface area (Å²) in [5, 5.41) is 0. The van der Waals surface area contributed by atoms with E-state index >= 15 is 0 Å². The van der Waals surface area contributed by atoms with Crippen LogP contribution in [0.2, 0.25) is 0 Å². The Labute approximate surface area is 88.5 Å². The number of hydrogen-bond acceptors (Lipinski definition) is 2. The molecule has 14 heavy (non-hydrogen) atoms. The lowest BCUT2D eigenvalue weighted by atomic mass is 10.2. The Morgan fingerprint density at radius 1 is 0.786 bits per heavy atom. The van der Waals surface area contributed by atoms with Crippen LogP contribution in [0, 0.1) is 0 Å². The van der Waals surface area contributed by atoms with Crippen LogP contribution in [-0.2, 0) is 0 Å². The molecule has 82 valence electrons. The first-order valence-electron chi connectivity index (χ1n) is 5.74. The Morgan fingerprint density at radius 2 is 1.14 bits per heavy atom. The van der Waals surface area contributed by atoms with Crippen molar-refractivity contribution in [1.82, 2.24) is 0 Å². The molecule has 0 fully saturated rings. The average molecular weight is 196 g/mol. The largest absolute Gasteiger partial charge is 0.288 e. The second kappa shape index (κ2) is 8.92. The van der Waals surface area contributed by atoms with Gasteiger partial charge in [0, 0.05) is 13.1 Å². The molecule has 0 aromatic carbocycles. The molecule has 0 saturated carbocycles. The number of unbranched alkanes of at least 4 members (excludes halogenated alkanes) is 2. The molecule has 0 aliphatic heterocycles. The van der Waals surface area contributed by atoms with Crippen molar-refractivity contribution in [1.29, 1.82) is 0 Å². The van der Waals surface area contributed by atoms with Crippen molar-refractivity contribution in [3.8, 4) is 0 Å². The normalized spacial score (nSPS) is 13.4. The van der Waals surface area contributed by atoms with E-state index in [2.05, 4.69) is 37.7 Å². The molecule has 0 aromatic rings. The molecule has 0 rings (SSSR count). The number of aliphatic imine (C=N–C) groups is 2. The summed E-state index contributed by atoms with van der Waals surface area (Å²) in [6, 6.07) is 0. The van der Waals surface area contributed by atoms with Crippen LogP contribution in [0.15, 0.2) is 9.98 Å². The average Bonchev–Trinajstić information content (AvgIpc) is 2.18. The standard InChI is InChI=1S/C12H24N2/c1-5-7-9-13-11(3)12(4)14-10-8-6-2/h5-10H2,1-4H3. The summed E-state index contributed by atoms with van der Waals surface area (Å²) >= 11 is 0. The molecule has 2 nitrogen and oxygen atoms in total. The maximum atomic E-state index is 4.48. The van der Waals surface area contributed by atoms with Crippen molar-refractivity contribution in [2.24, 2.45) is 9.98 Å². The van der Waals surface area contributed by atoms with Gasteiger partial charge >= 0.3 is 0 Å². The first-order valence-corrected chi connectivity index (χ1v) is 5.74. The number of hydrogen-bond donors (Lipinski definition) is 0. The fraction of sp³-hybridized carbons (Fsp3) is 0.833. The second-order valence-corrected chi connectivity index (χ2v) is 3.64. The molecule has 0 N–H and O–H groups in total. The van der Waals surface area contributed by atoms with Gasteiger partial charge in [0.05, 0.1) is 11.4 Å². The van der Waals surface area contributed by atoms with E-state index in [0.29, 0.717) is 0 Å². The highest BCUT2D eigenvalue weighted by Crippen LogP contribution is 1.93. The van der Waals surface area contributed by atoms with Crippen LogP contribution in [0.4, 0.5) is 0 Å². The quantitative estimate of drug-likeness (QED) is 0.440. The van der Waals surface area contributed by atoms with Gasteiger partial charge in [-0.05, 0) is 26.7 Å². The van der Waals surface area contributed by atoms with Crippen molar-refractivity contribution >= 4 is 11.4 Å². The van der Waals surface area contributed by atoms with Crippen LogP contribution in [0.5, 0.6) is 0 Å². The molecule has 0 heterocycles. The molecule has 0 bridgehead atoms. The Morgan fingerprint density at radius 3 is 1.43 bits per heavy atom. The van der Waals surface area contributed by atoms with Gasteiger partial charge < -0.3 is 0 Å². The monoisotopic (exact) mass is 196 g/mol. The third-order valence-corrected chi connectivity index (χ3v) is 2.24. The molecular weight excluding hydrogens is 172 g/mol. The highest BCUT2D eigenvalue weighted by Gasteiger charge is 1.94. The molecule has 0 atom stereocenters. The van der Waals surface area contributed by atoms with E-state index < -0.39 is 0 Å². The third-order valence-electron chi connectivity index (χ3n) is 2.24. The van der Waals surface area contributed by atoms with Gasteiger partial charge in [-0.15, -0.1) is 0 Å². The predicted molar refractivity (Wildman–Crippen MR) is 65.8 cm³/mol. The van der Waals surface area contributed by atoms with Crippen molar-refractivity contribution in [2.75, 3.05) is 13.1 Å². The summed E-state index contributed by atoms with van der Waals surface area (Å²) in [7, 11) is 0. The van der Waals surface area contributed by atoms with Crippen molar-refractivity contribution in [3.63, 3.8) is 0 Å². The van der Waals surface area contributed by atoms with E-state index in [4.69, 9.17) is 0 Å². The van der Waals surface area contributed by atoms with Crippen LogP contribution in [0.3, 0.4) is 0 Å². The van der Waals surface area contributed by atoms with Gasteiger partial charge in [-0.25, -0.2) is 0 Å². The molecule has 2 heteroatoms. The molecule has 0 aliphatic rings. The predicted octanol–water partition coefficient (Wildman–Crippen LogP) is 3.51. The zero-order valence-electron chi connectivity index (χ0n) is 10.1. The molecule has 0 radical (unpaired) electrons. The van der Waals surface area contributed by atoms with E-state index in [9.17, 15) is 0 Å². The molecule has 0 amide bonds. The van der Waals surface area contributed by atoms with Crippen LogP contribution in [0.1, 0.15) is 53.4 Å². The third kappa shape index (κ3) is 6.81. The van der Waals surface area contributed by atoms with Crippen LogP contribution >= 0.6 is 0 Å². The van der Waals surface area contributed by atoms with Crippen LogP contribution in [0.25, 0.3) is 0 Å². The zero-order valence-corrected chi connectivity index (χ0v) is 10.1. The van der Waals surface area contributed by atoms with E-state index in [-0.39, 0.29) is 0 Å². The molecule has 0 unspecified atom stereocenters. The van der Waals surface area contributed by atoms with Gasteiger partial charge in [0.25, 0.3) is 0 Å². The van der Waals surface area contributed by atoms with Gasteiger partial charge in [-0.3, -0.25) is 9.98 Å². The van der Waals surface area contributed by atoms with E-state index in [1.165, 1.54) is 25.7 Å². The summed E-state index contributed by atoms with van der Waals surface area (Å²) in [5.74, 6) is 0. The van der Waals surface area contributed by atoms with E-state index in [0.717, 1.165) is 24.5 Å². The molecular formula is C12H24N2. The first kappa shape index (κ1) is 13.3. The lowest BCUT2D eigenvalue weighted by Crippen LogP contribution is -2.07. The maximum Gasteiger partial charge on any atom is 0.0524 e. The van der Waals surface area contributed by atoms with Gasteiger partial charge in [0.1, 0.15) is 0 Å². The Hall–Kier alpha value is -0.660. The van der Waals surface area contributed by atoms with Crippen LogP contribution in [-0.4, -0.2) is 24.5 Å². The van der Waals surface area contributed by atoms with Crippen LogP contribution < -0.4 is 0 Å². The highest BCUT2D eigenvalue weighted by molar-refractivity contribution is 6.40. The first-order chi connectivity index (χ1) is 6.72. The summed E-state index contributed by atoms with van der Waals surface area (Å²) in [5.41, 5.74) is 2.21. The molecule has 0 aliphatic carbocycles. The Balaban J connectivity index is 3.89. The molecule has 0 saturated heterocycles. The summed E-state index contributed by atoms with van der Waals surface area (Å²) in [6.45, 7) is 10.4. The molecule has 0 spiro atoms. The smallest absolute Gasteiger partial charge is 0.0524 e. The summed E-state index contributed by atoms with van der Waals surface area (Å²) < 4.78 is 0. The second-order valence-electron chi connectivity index (χ2n) is 3.64. The van der Waals surface area contributed by atoms with E-state index in [1.54, 1.807) is 0 Å². The Bertz CT molecular complexity index is 170. The summed E-state index contributed by atoms with van der Waals surface area (Å²) in [4.78, 5) is 8.96. The van der Waals surface area contributed by atoms with Gasteiger partial charge in [-0.2, -0.15) is 0 Å². The SMILES string of the molecule is CCCCN=C(C)C(C)=NCCCC. The maximum absolute atomic E-state index is 4.48. The van der Waals surface area contributed by atoms with Gasteiger partial charge in [-0.1, -0.05) is 26.7 Å². The van der Waals surface area contributed by atoms with Crippen molar-refractivity contribution in [2.45, 2.75) is 53.4 Å². The minimum atomic E-state index is 0.947. The topological polar surface area (TPSA) is 24.7 Å². The fourth-order valence-electron chi connectivity index (χ4n) is 1.04. The van der Waals surface area contributed by atoms with Crippen molar-refractivity contribution in [3.05, 3.63) is 0 Å². The minimum absolute atomic E-state index is 0.947. The number of nitrogens with zero attached hydrogens (tertiary/aromatic N) is 2. The highest BCUT2D eigenvalue weighted by atomic mass is 14.8. The Kier molecular flexibility index (Phi) is 8.50. The number of rotatable bonds is 7. The lowest BCUT2D eigenvalue weighted by Gasteiger charge is -2.00. The lowest BCUT2D eigenvalue weighted by molar-refractivity contribution is 0.804. The zero-order chi connectivity index (χ0) is 10.8. The van der Waals surface area contributed by atoms with Crippen molar-refractivity contribution < 1.29 is 0 Å². The minimum Gasteiger partial charge on any atom is -0.288 e. The molecule has 0 aromatic heterocycles.